The third-order valence-corrected chi connectivity index (χ3v) is 4.38. The molecule has 0 N–H and O–H groups in total. The highest BCUT2D eigenvalue weighted by Gasteiger charge is 2.40. The first-order valence-electron chi connectivity index (χ1n) is 7.97. The fraction of sp³-hybridized carbons (Fsp3) is 0.765. The Hall–Kier alpha value is -1.40. The molecule has 2 unspecified atom stereocenters. The summed E-state index contributed by atoms with van der Waals surface area (Å²) >= 11 is 0. The topological polar surface area (TPSA) is 71.1 Å². The number of hydrogen-bond donors (Lipinski definition) is 0. The van der Waals surface area contributed by atoms with Crippen LogP contribution < -0.4 is 0 Å². The van der Waals surface area contributed by atoms with E-state index in [0.717, 1.165) is 0 Å². The summed E-state index contributed by atoms with van der Waals surface area (Å²) in [7, 11) is 0. The van der Waals surface area contributed by atoms with Gasteiger partial charge in [-0.25, -0.2) is 4.79 Å². The van der Waals surface area contributed by atoms with Gasteiger partial charge in [0, 0.05) is 18.4 Å². The van der Waals surface area contributed by atoms with Crippen molar-refractivity contribution in [3.63, 3.8) is 0 Å². The van der Waals surface area contributed by atoms with E-state index in [1.165, 1.54) is 6.92 Å². The van der Waals surface area contributed by atoms with Crippen molar-refractivity contribution >= 4 is 11.9 Å². The Labute approximate surface area is 138 Å². The predicted molar refractivity (Wildman–Crippen MR) is 84.5 cm³/mol. The average molecular weight is 328 g/mol. The summed E-state index contributed by atoms with van der Waals surface area (Å²) in [6.07, 6.45) is -0.613. The lowest BCUT2D eigenvalue weighted by Crippen LogP contribution is -2.48. The first-order valence-corrected chi connectivity index (χ1v) is 7.97. The van der Waals surface area contributed by atoms with Crippen LogP contribution in [0.5, 0.6) is 0 Å². The Morgan fingerprint density at radius 3 is 2.22 bits per heavy atom. The van der Waals surface area contributed by atoms with Gasteiger partial charge in [-0.05, 0) is 18.8 Å². The van der Waals surface area contributed by atoms with E-state index in [4.69, 9.17) is 18.9 Å². The normalized spacial score (nSPS) is 30.6. The highest BCUT2D eigenvalue weighted by molar-refractivity contribution is 5.86. The lowest BCUT2D eigenvalue weighted by molar-refractivity contribution is -0.257. The number of carbonyl (C=O) groups is 2. The molecule has 132 valence electrons. The van der Waals surface area contributed by atoms with Gasteiger partial charge in [0.25, 0.3) is 0 Å². The fourth-order valence-electron chi connectivity index (χ4n) is 2.49. The summed E-state index contributed by atoms with van der Waals surface area (Å²) in [5.41, 5.74) is 0.358. The van der Waals surface area contributed by atoms with E-state index >= 15 is 0 Å². The quantitative estimate of drug-likeness (QED) is 0.406. The minimum atomic E-state index is -0.430. The molecule has 5 atom stereocenters. The molecule has 0 spiro atoms. The fourth-order valence-corrected chi connectivity index (χ4v) is 2.49. The van der Waals surface area contributed by atoms with Gasteiger partial charge in [0.1, 0.15) is 13.2 Å². The Balaban J connectivity index is 2.47. The van der Waals surface area contributed by atoms with Gasteiger partial charge in [0.15, 0.2) is 6.29 Å². The Bertz CT molecular complexity index is 433. The van der Waals surface area contributed by atoms with E-state index in [-0.39, 0.29) is 43.7 Å². The Kier molecular flexibility index (Phi) is 7.72. The van der Waals surface area contributed by atoms with Gasteiger partial charge >= 0.3 is 11.9 Å². The molecule has 6 heteroatoms. The van der Waals surface area contributed by atoms with Crippen LogP contribution in [0.25, 0.3) is 0 Å². The third-order valence-electron chi connectivity index (χ3n) is 4.38. The lowest BCUT2D eigenvalue weighted by Gasteiger charge is -2.43. The van der Waals surface area contributed by atoms with Crippen LogP contribution in [0, 0.1) is 17.8 Å². The maximum atomic E-state index is 11.3. The van der Waals surface area contributed by atoms with Crippen molar-refractivity contribution in [3.8, 4) is 0 Å². The molecular weight excluding hydrogens is 300 g/mol. The highest BCUT2D eigenvalue weighted by Crippen LogP contribution is 2.35. The molecule has 0 saturated carbocycles. The van der Waals surface area contributed by atoms with Gasteiger partial charge in [-0.3, -0.25) is 4.79 Å². The number of rotatable bonds is 7. The monoisotopic (exact) mass is 328 g/mol. The zero-order valence-corrected chi connectivity index (χ0v) is 14.7. The van der Waals surface area contributed by atoms with E-state index in [9.17, 15) is 9.59 Å². The number of ether oxygens (including phenoxy) is 4. The van der Waals surface area contributed by atoms with Crippen LogP contribution in [0.2, 0.25) is 0 Å². The second-order valence-electron chi connectivity index (χ2n) is 6.21. The molecule has 1 aliphatic heterocycles. The maximum absolute atomic E-state index is 11.3. The SMILES string of the molecule is C=C(C)C(=O)OCCO[C@@H]1OC(COC(C)=O)[C@H](C)[C@H](C)C1C. The van der Waals surface area contributed by atoms with Gasteiger partial charge in [-0.15, -0.1) is 0 Å². The summed E-state index contributed by atoms with van der Waals surface area (Å²) < 4.78 is 21.7. The van der Waals surface area contributed by atoms with Crippen LogP contribution in [-0.4, -0.2) is 44.2 Å². The number of esters is 2. The summed E-state index contributed by atoms with van der Waals surface area (Å²) in [6.45, 7) is 13.4. The number of carbonyl (C=O) groups excluding carboxylic acids is 2. The van der Waals surface area contributed by atoms with Crippen LogP contribution in [0.3, 0.4) is 0 Å². The van der Waals surface area contributed by atoms with Crippen molar-refractivity contribution in [3.05, 3.63) is 12.2 Å². The minimum Gasteiger partial charge on any atom is -0.463 e. The van der Waals surface area contributed by atoms with E-state index in [1.807, 2.05) is 0 Å². The molecule has 1 heterocycles. The van der Waals surface area contributed by atoms with Crippen molar-refractivity contribution in [1.29, 1.82) is 0 Å². The second-order valence-corrected chi connectivity index (χ2v) is 6.21. The van der Waals surface area contributed by atoms with Gasteiger partial charge in [0.2, 0.25) is 0 Å². The Morgan fingerprint density at radius 2 is 1.65 bits per heavy atom. The first-order chi connectivity index (χ1) is 10.7. The molecule has 0 radical (unpaired) electrons. The predicted octanol–water partition coefficient (Wildman–Crippen LogP) is 2.32. The molecular formula is C17H28O6. The largest absolute Gasteiger partial charge is 0.463 e. The zero-order valence-electron chi connectivity index (χ0n) is 14.7. The van der Waals surface area contributed by atoms with Crippen molar-refractivity contribution in [2.75, 3.05) is 19.8 Å². The molecule has 23 heavy (non-hydrogen) atoms. The molecule has 1 saturated heterocycles. The van der Waals surface area contributed by atoms with Crippen LogP contribution in [0.1, 0.15) is 34.6 Å². The van der Waals surface area contributed by atoms with E-state index in [1.54, 1.807) is 6.92 Å². The molecule has 0 aromatic rings. The molecule has 0 aromatic carbocycles. The first kappa shape index (κ1) is 19.6. The Morgan fingerprint density at radius 1 is 1.00 bits per heavy atom. The summed E-state index contributed by atoms with van der Waals surface area (Å²) in [4.78, 5) is 22.3. The van der Waals surface area contributed by atoms with E-state index in [0.29, 0.717) is 11.5 Å². The second kappa shape index (κ2) is 9.03. The third kappa shape index (κ3) is 5.95. The van der Waals surface area contributed by atoms with Crippen molar-refractivity contribution in [1.82, 2.24) is 0 Å². The van der Waals surface area contributed by atoms with Gasteiger partial charge in [0.05, 0.1) is 12.7 Å². The van der Waals surface area contributed by atoms with Gasteiger partial charge < -0.3 is 18.9 Å². The molecule has 6 nitrogen and oxygen atoms in total. The van der Waals surface area contributed by atoms with Crippen molar-refractivity contribution in [2.24, 2.45) is 17.8 Å². The molecule has 0 aliphatic carbocycles. The van der Waals surface area contributed by atoms with Gasteiger partial charge in [-0.2, -0.15) is 0 Å². The van der Waals surface area contributed by atoms with Gasteiger partial charge in [-0.1, -0.05) is 27.4 Å². The maximum Gasteiger partial charge on any atom is 0.333 e. The molecule has 1 rings (SSSR count). The zero-order chi connectivity index (χ0) is 17.6. The smallest absolute Gasteiger partial charge is 0.333 e. The van der Waals surface area contributed by atoms with Crippen LogP contribution in [-0.2, 0) is 28.5 Å². The van der Waals surface area contributed by atoms with Crippen LogP contribution >= 0.6 is 0 Å². The number of hydrogen-bond acceptors (Lipinski definition) is 6. The van der Waals surface area contributed by atoms with Crippen molar-refractivity contribution in [2.45, 2.75) is 47.0 Å². The molecule has 0 aromatic heterocycles. The standard InChI is InChI=1S/C17H28O6/c1-10(2)16(19)20-7-8-21-17-13(5)11(3)12(4)15(23-17)9-22-14(6)18/h11-13,15,17H,1,7-9H2,2-6H3/t11-,12+,13?,15?,17+/m0/s1. The van der Waals surface area contributed by atoms with Crippen LogP contribution in [0.15, 0.2) is 12.2 Å². The van der Waals surface area contributed by atoms with E-state index in [2.05, 4.69) is 27.4 Å². The lowest BCUT2D eigenvalue weighted by atomic mass is 9.79. The van der Waals surface area contributed by atoms with Crippen LogP contribution in [0.4, 0.5) is 0 Å². The molecule has 0 bridgehead atoms. The summed E-state index contributed by atoms with van der Waals surface area (Å²) in [5, 5.41) is 0. The highest BCUT2D eigenvalue weighted by atomic mass is 16.7. The molecule has 0 amide bonds. The average Bonchev–Trinajstić information content (AvgIpc) is 2.49. The van der Waals surface area contributed by atoms with E-state index < -0.39 is 12.3 Å². The van der Waals surface area contributed by atoms with Crippen molar-refractivity contribution < 1.29 is 28.5 Å². The molecule has 1 fully saturated rings. The minimum absolute atomic E-state index is 0.150. The molecule has 1 aliphatic rings. The summed E-state index contributed by atoms with van der Waals surface area (Å²) in [6, 6.07) is 0. The summed E-state index contributed by atoms with van der Waals surface area (Å²) in [5.74, 6) is 0.0466.